The van der Waals surface area contributed by atoms with Gasteiger partial charge in [-0.3, -0.25) is 4.79 Å². The maximum absolute atomic E-state index is 12.2. The second-order valence-electron chi connectivity index (χ2n) is 5.46. The van der Waals surface area contributed by atoms with Crippen LogP contribution in [0.4, 0.5) is 5.69 Å². The Morgan fingerprint density at radius 3 is 2.27 bits per heavy atom. The number of rotatable bonds is 5. The minimum atomic E-state index is -0.0688. The third-order valence-electron chi connectivity index (χ3n) is 3.31. The van der Waals surface area contributed by atoms with E-state index in [4.69, 9.17) is 0 Å². The quantitative estimate of drug-likeness (QED) is 0.588. The molecule has 1 N–H and O–H groups in total. The number of anilines is 1. The average molecular weight is 311 g/mol. The summed E-state index contributed by atoms with van der Waals surface area (Å²) in [7, 11) is 0. The minimum absolute atomic E-state index is 0.0688. The van der Waals surface area contributed by atoms with Crippen molar-refractivity contribution >= 4 is 23.4 Å². The molecule has 2 rings (SSSR count). The highest BCUT2D eigenvalue weighted by Gasteiger charge is 2.05. The number of carbonyl (C=O) groups is 1. The van der Waals surface area contributed by atoms with Gasteiger partial charge < -0.3 is 5.32 Å². The van der Waals surface area contributed by atoms with Crippen molar-refractivity contribution in [2.75, 3.05) is 5.32 Å². The van der Waals surface area contributed by atoms with Crippen molar-refractivity contribution in [2.24, 2.45) is 0 Å². The Morgan fingerprint density at radius 1 is 1.05 bits per heavy atom. The molecule has 0 atom stereocenters. The van der Waals surface area contributed by atoms with E-state index in [1.54, 1.807) is 11.8 Å². The zero-order chi connectivity index (χ0) is 15.9. The summed E-state index contributed by atoms with van der Waals surface area (Å²) in [5.41, 5.74) is 2.79. The molecule has 0 fully saturated rings. The molecule has 0 saturated carbocycles. The fraction of sp³-hybridized carbons (Fsp3) is 0.211. The monoisotopic (exact) mass is 311 g/mol. The van der Waals surface area contributed by atoms with Gasteiger partial charge in [0.05, 0.1) is 0 Å². The Balaban J connectivity index is 1.96. The van der Waals surface area contributed by atoms with Gasteiger partial charge in [0.1, 0.15) is 0 Å². The SMILES string of the molecule is CC(=CSc1ccccc1)C(=O)Nc1ccc(C(C)C)cc1. The molecule has 0 aliphatic carbocycles. The third kappa shape index (κ3) is 4.78. The predicted octanol–water partition coefficient (Wildman–Crippen LogP) is 5.44. The van der Waals surface area contributed by atoms with E-state index >= 15 is 0 Å². The molecule has 22 heavy (non-hydrogen) atoms. The standard InChI is InChI=1S/C19H21NOS/c1-14(2)16-9-11-17(12-10-16)20-19(21)15(3)13-22-18-7-5-4-6-8-18/h4-14H,1-3H3,(H,20,21). The van der Waals surface area contributed by atoms with E-state index in [1.807, 2.05) is 54.8 Å². The molecule has 0 spiro atoms. The van der Waals surface area contributed by atoms with Gasteiger partial charge in [0, 0.05) is 16.2 Å². The van der Waals surface area contributed by atoms with Crippen molar-refractivity contribution in [3.05, 3.63) is 71.1 Å². The zero-order valence-corrected chi connectivity index (χ0v) is 14.0. The lowest BCUT2D eigenvalue weighted by Gasteiger charge is -2.08. The van der Waals surface area contributed by atoms with Crippen LogP contribution in [0.1, 0.15) is 32.3 Å². The van der Waals surface area contributed by atoms with Crippen molar-refractivity contribution in [2.45, 2.75) is 31.6 Å². The summed E-state index contributed by atoms with van der Waals surface area (Å²) >= 11 is 1.55. The molecule has 2 aromatic carbocycles. The number of nitrogens with one attached hydrogen (secondary N) is 1. The first-order chi connectivity index (χ1) is 10.6. The average Bonchev–Trinajstić information content (AvgIpc) is 2.54. The highest BCUT2D eigenvalue weighted by atomic mass is 32.2. The fourth-order valence-corrected chi connectivity index (χ4v) is 2.62. The maximum Gasteiger partial charge on any atom is 0.251 e. The van der Waals surface area contributed by atoms with Crippen LogP contribution in [0.5, 0.6) is 0 Å². The summed E-state index contributed by atoms with van der Waals surface area (Å²) in [5.74, 6) is 0.425. The van der Waals surface area contributed by atoms with Gasteiger partial charge in [-0.25, -0.2) is 0 Å². The highest BCUT2D eigenvalue weighted by Crippen LogP contribution is 2.21. The van der Waals surface area contributed by atoms with Gasteiger partial charge in [0.25, 0.3) is 5.91 Å². The summed E-state index contributed by atoms with van der Waals surface area (Å²) in [6.45, 7) is 6.14. The number of benzene rings is 2. The second-order valence-corrected chi connectivity index (χ2v) is 6.41. The molecular formula is C19H21NOS. The van der Waals surface area contributed by atoms with Crippen molar-refractivity contribution in [1.29, 1.82) is 0 Å². The molecule has 0 aromatic heterocycles. The Bertz CT molecular complexity index is 645. The summed E-state index contributed by atoms with van der Waals surface area (Å²) in [6, 6.07) is 18.0. The lowest BCUT2D eigenvalue weighted by atomic mass is 10.0. The second kappa shape index (κ2) is 7.85. The summed E-state index contributed by atoms with van der Waals surface area (Å²) in [5, 5.41) is 4.81. The first-order valence-electron chi connectivity index (χ1n) is 7.36. The molecule has 0 radical (unpaired) electrons. The van der Waals surface area contributed by atoms with Gasteiger partial charge >= 0.3 is 0 Å². The molecular weight excluding hydrogens is 290 g/mol. The Morgan fingerprint density at radius 2 is 1.68 bits per heavy atom. The lowest BCUT2D eigenvalue weighted by molar-refractivity contribution is -0.112. The van der Waals surface area contributed by atoms with E-state index in [1.165, 1.54) is 5.56 Å². The molecule has 2 aromatic rings. The molecule has 2 nitrogen and oxygen atoms in total. The van der Waals surface area contributed by atoms with Gasteiger partial charge in [-0.1, -0.05) is 55.9 Å². The summed E-state index contributed by atoms with van der Waals surface area (Å²) < 4.78 is 0. The van der Waals surface area contributed by atoms with E-state index in [0.29, 0.717) is 11.5 Å². The van der Waals surface area contributed by atoms with E-state index in [-0.39, 0.29) is 5.91 Å². The van der Waals surface area contributed by atoms with Crippen molar-refractivity contribution < 1.29 is 4.79 Å². The first-order valence-corrected chi connectivity index (χ1v) is 8.24. The minimum Gasteiger partial charge on any atom is -0.322 e. The number of amides is 1. The van der Waals surface area contributed by atoms with E-state index in [0.717, 1.165) is 10.6 Å². The molecule has 1 amide bonds. The van der Waals surface area contributed by atoms with Crippen LogP contribution in [0, 0.1) is 0 Å². The van der Waals surface area contributed by atoms with E-state index in [9.17, 15) is 4.79 Å². The molecule has 0 aliphatic rings. The molecule has 0 saturated heterocycles. The predicted molar refractivity (Wildman–Crippen MR) is 95.2 cm³/mol. The van der Waals surface area contributed by atoms with Crippen LogP contribution in [0.2, 0.25) is 0 Å². The largest absolute Gasteiger partial charge is 0.322 e. The number of carbonyl (C=O) groups excluding carboxylic acids is 1. The maximum atomic E-state index is 12.2. The Labute approximate surface area is 136 Å². The van der Waals surface area contributed by atoms with Crippen LogP contribution in [0.15, 0.2) is 70.5 Å². The van der Waals surface area contributed by atoms with Gasteiger partial charge in [-0.15, -0.1) is 0 Å². The van der Waals surface area contributed by atoms with Crippen LogP contribution >= 0.6 is 11.8 Å². The van der Waals surface area contributed by atoms with Crippen molar-refractivity contribution in [3.63, 3.8) is 0 Å². The van der Waals surface area contributed by atoms with Gasteiger partial charge in [-0.05, 0) is 48.1 Å². The number of hydrogen-bond acceptors (Lipinski definition) is 2. The topological polar surface area (TPSA) is 29.1 Å². The van der Waals surface area contributed by atoms with E-state index in [2.05, 4.69) is 31.3 Å². The molecule has 0 aliphatic heterocycles. The van der Waals surface area contributed by atoms with Crippen LogP contribution in [0.3, 0.4) is 0 Å². The number of hydrogen-bond donors (Lipinski definition) is 1. The third-order valence-corrected chi connectivity index (χ3v) is 4.32. The smallest absolute Gasteiger partial charge is 0.251 e. The lowest BCUT2D eigenvalue weighted by Crippen LogP contribution is -2.12. The number of thioether (sulfide) groups is 1. The molecule has 3 heteroatoms. The van der Waals surface area contributed by atoms with Crippen molar-refractivity contribution in [3.8, 4) is 0 Å². The van der Waals surface area contributed by atoms with Gasteiger partial charge in [0.2, 0.25) is 0 Å². The van der Waals surface area contributed by atoms with Gasteiger partial charge in [0.15, 0.2) is 0 Å². The summed E-state index contributed by atoms with van der Waals surface area (Å²) in [4.78, 5) is 13.3. The Hall–Kier alpha value is -2.00. The van der Waals surface area contributed by atoms with Crippen LogP contribution in [-0.2, 0) is 4.79 Å². The Kier molecular flexibility index (Phi) is 5.84. The zero-order valence-electron chi connectivity index (χ0n) is 13.2. The van der Waals surface area contributed by atoms with Crippen molar-refractivity contribution in [1.82, 2.24) is 0 Å². The van der Waals surface area contributed by atoms with E-state index < -0.39 is 0 Å². The molecule has 114 valence electrons. The summed E-state index contributed by atoms with van der Waals surface area (Å²) in [6.07, 6.45) is 0. The highest BCUT2D eigenvalue weighted by molar-refractivity contribution is 8.02. The molecule has 0 bridgehead atoms. The fourth-order valence-electron chi connectivity index (χ4n) is 1.89. The normalized spacial score (nSPS) is 11.5. The van der Waals surface area contributed by atoms with Crippen LogP contribution < -0.4 is 5.32 Å². The molecule has 0 heterocycles. The molecule has 0 unspecified atom stereocenters. The van der Waals surface area contributed by atoms with Crippen LogP contribution in [-0.4, -0.2) is 5.91 Å². The van der Waals surface area contributed by atoms with Crippen LogP contribution in [0.25, 0.3) is 0 Å². The van der Waals surface area contributed by atoms with Gasteiger partial charge in [-0.2, -0.15) is 0 Å². The first kappa shape index (κ1) is 16.4.